The van der Waals surface area contributed by atoms with E-state index in [2.05, 4.69) is 9.34 Å². The van der Waals surface area contributed by atoms with Crippen molar-refractivity contribution >= 4 is 18.4 Å². The van der Waals surface area contributed by atoms with E-state index in [4.69, 9.17) is 16.3 Å². The predicted octanol–water partition coefficient (Wildman–Crippen LogP) is 0.735. The van der Waals surface area contributed by atoms with E-state index in [0.717, 1.165) is 13.1 Å². The van der Waals surface area contributed by atoms with Crippen molar-refractivity contribution in [2.45, 2.75) is 0 Å². The van der Waals surface area contributed by atoms with Crippen molar-refractivity contribution in [1.29, 1.82) is 0 Å². The Kier molecular flexibility index (Phi) is 2.48. The minimum atomic E-state index is -1.73. The van der Waals surface area contributed by atoms with Gasteiger partial charge in [-0.3, -0.25) is 0 Å². The molecular weight excluding hydrogens is 167 g/mol. The van der Waals surface area contributed by atoms with Crippen LogP contribution < -0.4 is 0 Å². The van der Waals surface area contributed by atoms with Gasteiger partial charge in [0.05, 0.1) is 0 Å². The Hall–Kier alpha value is 0.530. The van der Waals surface area contributed by atoms with Crippen LogP contribution in [0.2, 0.25) is 0 Å². The molecule has 1 aliphatic heterocycles. The molecule has 0 aromatic carbocycles. The first kappa shape index (κ1) is 8.62. The van der Waals surface area contributed by atoms with Crippen LogP contribution in [0.15, 0.2) is 0 Å². The van der Waals surface area contributed by atoms with E-state index in [1.54, 1.807) is 7.11 Å². The van der Waals surface area contributed by atoms with Crippen molar-refractivity contribution in [2.24, 2.45) is 0 Å². The zero-order valence-electron chi connectivity index (χ0n) is 6.57. The van der Waals surface area contributed by atoms with Crippen LogP contribution in [0.5, 0.6) is 0 Å². The van der Waals surface area contributed by atoms with Gasteiger partial charge in [-0.1, -0.05) is 0 Å². The zero-order chi connectivity index (χ0) is 7.78. The maximum Gasteiger partial charge on any atom is 0.202 e. The molecule has 3 nitrogen and oxygen atoms in total. The Labute approximate surface area is 67.1 Å². The fourth-order valence-corrected chi connectivity index (χ4v) is 3.33. The third kappa shape index (κ3) is 1.15. The first-order valence-corrected chi connectivity index (χ1v) is 5.83. The summed E-state index contributed by atoms with van der Waals surface area (Å²) in [5.41, 5.74) is 0. The second kappa shape index (κ2) is 2.88. The minimum Gasteiger partial charge on any atom is -0.330 e. The summed E-state index contributed by atoms with van der Waals surface area (Å²) in [5, 5.41) is 0. The summed E-state index contributed by atoms with van der Waals surface area (Å²) in [6.45, 7) is 0.326. The number of hydrogen-bond acceptors (Lipinski definition) is 2. The summed E-state index contributed by atoms with van der Waals surface area (Å²) in [5.74, 6) is 0. The molecule has 0 aromatic heterocycles. The highest BCUT2D eigenvalue weighted by Gasteiger charge is 2.33. The van der Waals surface area contributed by atoms with Crippen LogP contribution in [0.25, 0.3) is 0 Å². The third-order valence-electron chi connectivity index (χ3n) is 1.85. The zero-order valence-corrected chi connectivity index (χ0v) is 8.28. The number of hydrogen-bond donors (Lipinski definition) is 0. The molecule has 1 aliphatic rings. The van der Waals surface area contributed by atoms with Crippen LogP contribution in [-0.2, 0) is 16.3 Å². The van der Waals surface area contributed by atoms with Crippen molar-refractivity contribution in [3.63, 3.8) is 0 Å². The number of nitrogens with zero attached hydrogens (tertiary/aromatic N) is 2. The number of likely N-dealkylation sites (N-methyl/N-ethyl adjacent to an activating group) is 2. The quantitative estimate of drug-likeness (QED) is 0.553. The Morgan fingerprint density at radius 2 is 1.70 bits per heavy atom. The maximum atomic E-state index is 5.35. The van der Waals surface area contributed by atoms with Gasteiger partial charge in [0.1, 0.15) is 0 Å². The first-order chi connectivity index (χ1) is 4.61. The van der Waals surface area contributed by atoms with E-state index in [-0.39, 0.29) is 0 Å². The fraction of sp³-hybridized carbons (Fsp3) is 1.00. The SMILES string of the molecule is COP1(=S)N(C)CCN1C. The van der Waals surface area contributed by atoms with Crippen LogP contribution in [0.4, 0.5) is 0 Å². The van der Waals surface area contributed by atoms with Gasteiger partial charge in [0.25, 0.3) is 0 Å². The third-order valence-corrected chi connectivity index (χ3v) is 6.57. The average Bonchev–Trinajstić information content (AvgIpc) is 2.18. The second-order valence-electron chi connectivity index (χ2n) is 2.44. The minimum absolute atomic E-state index is 1.03. The van der Waals surface area contributed by atoms with E-state index in [1.165, 1.54) is 0 Å². The fourth-order valence-electron chi connectivity index (χ4n) is 1.08. The molecule has 0 aliphatic carbocycles. The molecule has 60 valence electrons. The maximum absolute atomic E-state index is 5.35. The summed E-state index contributed by atoms with van der Waals surface area (Å²) in [4.78, 5) is 0. The average molecular weight is 180 g/mol. The lowest BCUT2D eigenvalue weighted by Crippen LogP contribution is -2.13. The molecule has 1 heterocycles. The van der Waals surface area contributed by atoms with Crippen molar-refractivity contribution in [1.82, 2.24) is 9.34 Å². The molecule has 0 aromatic rings. The van der Waals surface area contributed by atoms with Gasteiger partial charge >= 0.3 is 0 Å². The van der Waals surface area contributed by atoms with Crippen LogP contribution in [0, 0.1) is 0 Å². The largest absolute Gasteiger partial charge is 0.330 e. The lowest BCUT2D eigenvalue weighted by atomic mass is 10.6. The highest BCUT2D eigenvalue weighted by atomic mass is 32.5. The lowest BCUT2D eigenvalue weighted by Gasteiger charge is -2.26. The van der Waals surface area contributed by atoms with Gasteiger partial charge in [-0.2, -0.15) is 0 Å². The van der Waals surface area contributed by atoms with E-state index in [9.17, 15) is 0 Å². The molecular formula is C5H13N2OPS. The monoisotopic (exact) mass is 180 g/mol. The number of rotatable bonds is 1. The Morgan fingerprint density at radius 3 is 1.90 bits per heavy atom. The molecule has 0 radical (unpaired) electrons. The molecule has 1 rings (SSSR count). The Morgan fingerprint density at radius 1 is 1.30 bits per heavy atom. The van der Waals surface area contributed by atoms with Crippen LogP contribution in [0.1, 0.15) is 0 Å². The molecule has 1 fully saturated rings. The lowest BCUT2D eigenvalue weighted by molar-refractivity contribution is 0.392. The van der Waals surface area contributed by atoms with Gasteiger partial charge in [-0.25, -0.2) is 9.34 Å². The molecule has 0 N–H and O–H groups in total. The van der Waals surface area contributed by atoms with Crippen LogP contribution in [-0.4, -0.2) is 43.6 Å². The molecule has 5 heteroatoms. The van der Waals surface area contributed by atoms with Gasteiger partial charge in [0.15, 0.2) is 0 Å². The Bertz CT molecular complexity index is 161. The van der Waals surface area contributed by atoms with Crippen LogP contribution >= 0.6 is 6.57 Å². The van der Waals surface area contributed by atoms with E-state index in [1.807, 2.05) is 14.1 Å². The molecule has 0 amide bonds. The van der Waals surface area contributed by atoms with Gasteiger partial charge in [-0.15, -0.1) is 0 Å². The van der Waals surface area contributed by atoms with Gasteiger partial charge in [0.2, 0.25) is 6.57 Å². The summed E-state index contributed by atoms with van der Waals surface area (Å²) < 4.78 is 9.56. The molecule has 0 bridgehead atoms. The van der Waals surface area contributed by atoms with Crippen molar-refractivity contribution in [2.75, 3.05) is 34.3 Å². The van der Waals surface area contributed by atoms with Crippen molar-refractivity contribution in [3.05, 3.63) is 0 Å². The van der Waals surface area contributed by atoms with Gasteiger partial charge < -0.3 is 4.52 Å². The molecule has 1 saturated heterocycles. The first-order valence-electron chi connectivity index (χ1n) is 3.20. The highest BCUT2D eigenvalue weighted by molar-refractivity contribution is 8.10. The molecule has 0 atom stereocenters. The Balaban J connectivity index is 2.80. The highest BCUT2D eigenvalue weighted by Crippen LogP contribution is 2.55. The van der Waals surface area contributed by atoms with Gasteiger partial charge in [0, 0.05) is 20.2 Å². The summed E-state index contributed by atoms with van der Waals surface area (Å²) in [7, 11) is 5.74. The second-order valence-corrected chi connectivity index (χ2v) is 6.57. The summed E-state index contributed by atoms with van der Waals surface area (Å²) in [6, 6.07) is 0. The normalized spacial score (nSPS) is 27.5. The molecule has 0 spiro atoms. The summed E-state index contributed by atoms with van der Waals surface area (Å²) >= 11 is 5.35. The van der Waals surface area contributed by atoms with E-state index < -0.39 is 6.57 Å². The summed E-state index contributed by atoms with van der Waals surface area (Å²) in [6.07, 6.45) is 0. The van der Waals surface area contributed by atoms with E-state index >= 15 is 0 Å². The molecule has 10 heavy (non-hydrogen) atoms. The smallest absolute Gasteiger partial charge is 0.202 e. The van der Waals surface area contributed by atoms with Crippen molar-refractivity contribution < 1.29 is 4.52 Å². The van der Waals surface area contributed by atoms with E-state index in [0.29, 0.717) is 0 Å². The van der Waals surface area contributed by atoms with Crippen molar-refractivity contribution in [3.8, 4) is 0 Å². The van der Waals surface area contributed by atoms with Crippen LogP contribution in [0.3, 0.4) is 0 Å². The standard InChI is InChI=1S/C5H13N2OPS/c1-6-4-5-7(2)9(6,10)8-3/h4-5H2,1-3H3. The molecule has 0 saturated carbocycles. The van der Waals surface area contributed by atoms with Gasteiger partial charge in [-0.05, 0) is 25.9 Å². The topological polar surface area (TPSA) is 15.7 Å². The molecule has 0 unspecified atom stereocenters. The predicted molar refractivity (Wildman–Crippen MR) is 46.6 cm³/mol.